The summed E-state index contributed by atoms with van der Waals surface area (Å²) in [6, 6.07) is 6.52. The number of halogens is 1. The lowest BCUT2D eigenvalue weighted by Gasteiger charge is -2.26. The number of rotatable bonds is 14. The van der Waals surface area contributed by atoms with Crippen LogP contribution in [0.1, 0.15) is 83.1 Å². The number of aryl methyl sites for hydroxylation is 1. The average Bonchev–Trinajstić information content (AvgIpc) is 2.66. The van der Waals surface area contributed by atoms with Crippen LogP contribution in [0.15, 0.2) is 29.2 Å². The summed E-state index contributed by atoms with van der Waals surface area (Å²) in [5, 5.41) is 0. The number of unbranched alkanes of at least 4 members (excludes halogenated alkanes) is 10. The van der Waals surface area contributed by atoms with Gasteiger partial charge in [-0.1, -0.05) is 94.0 Å². The van der Waals surface area contributed by atoms with Crippen LogP contribution < -0.4 is 0 Å². The molecule has 0 aliphatic heterocycles. The van der Waals surface area contributed by atoms with Crippen LogP contribution in [0.2, 0.25) is 0 Å². The SMILES string of the molecule is CCCCCCCCCCCCC[N+](C)(C)CCl.Cc1ccc(S(=O)(=O)[O-])cc1. The number of benzene rings is 1. The second kappa shape index (κ2) is 16.1. The maximum atomic E-state index is 10.4. The molecule has 0 radical (unpaired) electrons. The summed E-state index contributed by atoms with van der Waals surface area (Å²) in [6.45, 7) is 5.33. The molecule has 0 aliphatic rings. The van der Waals surface area contributed by atoms with Crippen LogP contribution in [0.4, 0.5) is 0 Å². The molecule has 0 spiro atoms. The number of quaternary nitrogens is 1. The fourth-order valence-corrected chi connectivity index (χ4v) is 3.56. The van der Waals surface area contributed by atoms with Crippen LogP contribution in [-0.4, -0.2) is 44.1 Å². The molecule has 0 atom stereocenters. The average molecular weight is 448 g/mol. The Morgan fingerprint density at radius 1 is 0.828 bits per heavy atom. The van der Waals surface area contributed by atoms with Gasteiger partial charge in [0.25, 0.3) is 0 Å². The van der Waals surface area contributed by atoms with Crippen LogP contribution in [0.5, 0.6) is 0 Å². The van der Waals surface area contributed by atoms with Crippen LogP contribution >= 0.6 is 11.6 Å². The molecule has 0 fully saturated rings. The maximum absolute atomic E-state index is 10.4. The van der Waals surface area contributed by atoms with Crippen molar-refractivity contribution in [2.24, 2.45) is 0 Å². The van der Waals surface area contributed by atoms with Crippen molar-refractivity contribution in [3.63, 3.8) is 0 Å². The van der Waals surface area contributed by atoms with Gasteiger partial charge in [0.2, 0.25) is 0 Å². The molecule has 0 saturated carbocycles. The van der Waals surface area contributed by atoms with E-state index in [1.807, 2.05) is 6.92 Å². The third-order valence-corrected chi connectivity index (χ3v) is 6.50. The molecule has 0 bridgehead atoms. The van der Waals surface area contributed by atoms with Gasteiger partial charge in [-0.15, -0.1) is 0 Å². The molecule has 29 heavy (non-hydrogen) atoms. The minimum absolute atomic E-state index is 0.178. The molecule has 0 aromatic heterocycles. The van der Waals surface area contributed by atoms with E-state index in [1.54, 1.807) is 12.1 Å². The predicted octanol–water partition coefficient (Wildman–Crippen LogP) is 6.47. The zero-order chi connectivity index (χ0) is 22.2. The Kier molecular flexibility index (Phi) is 15.8. The van der Waals surface area contributed by atoms with E-state index in [4.69, 9.17) is 11.6 Å². The second-order valence-electron chi connectivity index (χ2n) is 8.58. The zero-order valence-electron chi connectivity index (χ0n) is 19.0. The van der Waals surface area contributed by atoms with Gasteiger partial charge >= 0.3 is 0 Å². The largest absolute Gasteiger partial charge is 0.744 e. The normalized spacial score (nSPS) is 11.8. The molecule has 1 aromatic rings. The van der Waals surface area contributed by atoms with E-state index in [0.29, 0.717) is 0 Å². The summed E-state index contributed by atoms with van der Waals surface area (Å²) in [6.07, 6.45) is 15.6. The minimum Gasteiger partial charge on any atom is -0.744 e. The van der Waals surface area contributed by atoms with Gasteiger partial charge in [0.05, 0.1) is 25.5 Å². The van der Waals surface area contributed by atoms with Gasteiger partial charge in [0.1, 0.15) is 10.1 Å². The van der Waals surface area contributed by atoms with Crippen LogP contribution in [0, 0.1) is 6.92 Å². The molecule has 6 heteroatoms. The molecule has 1 aromatic carbocycles. The van der Waals surface area contributed by atoms with Crippen molar-refractivity contribution in [3.8, 4) is 0 Å². The fraction of sp³-hybridized carbons (Fsp3) is 0.739. The molecule has 4 nitrogen and oxygen atoms in total. The quantitative estimate of drug-likeness (QED) is 0.108. The Balaban J connectivity index is 0.000000604. The molecular weight excluding hydrogens is 406 g/mol. The monoisotopic (exact) mass is 447 g/mol. The van der Waals surface area contributed by atoms with E-state index in [1.165, 1.54) is 89.3 Å². The zero-order valence-corrected chi connectivity index (χ0v) is 20.5. The minimum atomic E-state index is -4.27. The first kappa shape index (κ1) is 28.4. The standard InChI is InChI=1S/C16H35ClN.C7H8O3S/c1-4-5-6-7-8-9-10-11-12-13-14-15-18(2,3)16-17;1-6-2-4-7(5-3-6)11(8,9)10/h4-16H2,1-3H3;2-5H,1H3,(H,8,9,10)/q+1;/p-1. The van der Waals surface area contributed by atoms with Crippen molar-refractivity contribution in [1.82, 2.24) is 0 Å². The lowest BCUT2D eigenvalue weighted by Crippen LogP contribution is -2.38. The van der Waals surface area contributed by atoms with Crippen molar-refractivity contribution in [3.05, 3.63) is 29.8 Å². The van der Waals surface area contributed by atoms with E-state index in [-0.39, 0.29) is 4.90 Å². The van der Waals surface area contributed by atoms with Crippen molar-refractivity contribution in [2.75, 3.05) is 26.6 Å². The van der Waals surface area contributed by atoms with Gasteiger partial charge < -0.3 is 9.04 Å². The highest BCUT2D eigenvalue weighted by atomic mass is 35.5. The summed E-state index contributed by atoms with van der Waals surface area (Å²) in [5.41, 5.74) is 0.928. The molecule has 0 amide bonds. The Labute approximate surface area is 185 Å². The molecule has 170 valence electrons. The van der Waals surface area contributed by atoms with Gasteiger partial charge in [-0.3, -0.25) is 0 Å². The van der Waals surface area contributed by atoms with E-state index in [2.05, 4.69) is 21.0 Å². The van der Waals surface area contributed by atoms with Gasteiger partial charge in [-0.25, -0.2) is 8.42 Å². The van der Waals surface area contributed by atoms with Crippen LogP contribution in [0.25, 0.3) is 0 Å². The highest BCUT2D eigenvalue weighted by Gasteiger charge is 2.11. The van der Waals surface area contributed by atoms with Crippen molar-refractivity contribution < 1.29 is 17.5 Å². The van der Waals surface area contributed by atoms with Gasteiger partial charge in [-0.05, 0) is 31.9 Å². The first-order chi connectivity index (χ1) is 13.6. The number of alkyl halides is 1. The second-order valence-corrected chi connectivity index (χ2v) is 10.2. The van der Waals surface area contributed by atoms with E-state index < -0.39 is 10.1 Å². The van der Waals surface area contributed by atoms with Gasteiger partial charge in [0.15, 0.2) is 6.00 Å². The third kappa shape index (κ3) is 16.8. The lowest BCUT2D eigenvalue weighted by molar-refractivity contribution is -0.879. The van der Waals surface area contributed by atoms with E-state index in [0.717, 1.165) is 16.1 Å². The van der Waals surface area contributed by atoms with Crippen LogP contribution in [-0.2, 0) is 10.1 Å². The summed E-state index contributed by atoms with van der Waals surface area (Å²) in [4.78, 5) is -0.178. The van der Waals surface area contributed by atoms with Crippen molar-refractivity contribution in [2.45, 2.75) is 89.4 Å². The van der Waals surface area contributed by atoms with Crippen molar-refractivity contribution >= 4 is 21.7 Å². The molecule has 1 rings (SSSR count). The fourth-order valence-electron chi connectivity index (χ4n) is 2.97. The summed E-state index contributed by atoms with van der Waals surface area (Å²) >= 11 is 5.90. The Morgan fingerprint density at radius 2 is 1.24 bits per heavy atom. The highest BCUT2D eigenvalue weighted by Crippen LogP contribution is 2.12. The first-order valence-electron chi connectivity index (χ1n) is 11.0. The Hall–Kier alpha value is -0.620. The van der Waals surface area contributed by atoms with Crippen LogP contribution in [0.3, 0.4) is 0 Å². The maximum Gasteiger partial charge on any atom is 0.154 e. The smallest absolute Gasteiger partial charge is 0.154 e. The molecule has 0 saturated heterocycles. The number of hydrogen-bond acceptors (Lipinski definition) is 3. The van der Waals surface area contributed by atoms with E-state index >= 15 is 0 Å². The Morgan fingerprint density at radius 3 is 1.62 bits per heavy atom. The molecule has 0 aliphatic carbocycles. The molecule has 0 unspecified atom stereocenters. The number of hydrogen-bond donors (Lipinski definition) is 0. The van der Waals surface area contributed by atoms with E-state index in [9.17, 15) is 13.0 Å². The molecule has 0 heterocycles. The molecule has 0 N–H and O–H groups in total. The van der Waals surface area contributed by atoms with Gasteiger partial charge in [-0.2, -0.15) is 0 Å². The lowest BCUT2D eigenvalue weighted by atomic mass is 10.1. The topological polar surface area (TPSA) is 57.2 Å². The third-order valence-electron chi connectivity index (χ3n) is 5.00. The Bertz CT molecular complexity index is 616. The molecular formula is C23H42ClNO3S. The summed E-state index contributed by atoms with van der Waals surface area (Å²) in [7, 11) is 0.154. The summed E-state index contributed by atoms with van der Waals surface area (Å²) < 4.78 is 32.1. The highest BCUT2D eigenvalue weighted by molar-refractivity contribution is 7.85. The predicted molar refractivity (Wildman–Crippen MR) is 123 cm³/mol. The van der Waals surface area contributed by atoms with Gasteiger partial charge in [0, 0.05) is 0 Å². The van der Waals surface area contributed by atoms with Crippen molar-refractivity contribution in [1.29, 1.82) is 0 Å². The first-order valence-corrected chi connectivity index (χ1v) is 13.0. The number of nitrogens with zero attached hydrogens (tertiary/aromatic N) is 1. The summed E-state index contributed by atoms with van der Waals surface area (Å²) in [5.74, 6) is 0.